The lowest BCUT2D eigenvalue weighted by molar-refractivity contribution is -0.192. The zero-order valence-electron chi connectivity index (χ0n) is 17.6. The van der Waals surface area contributed by atoms with E-state index in [0.717, 1.165) is 16.5 Å². The minimum atomic E-state index is -5.08. The number of pyridine rings is 2. The molecule has 3 amide bonds. The van der Waals surface area contributed by atoms with Crippen molar-refractivity contribution in [3.8, 4) is 0 Å². The van der Waals surface area contributed by atoms with Crippen molar-refractivity contribution in [3.05, 3.63) is 66.6 Å². The van der Waals surface area contributed by atoms with Gasteiger partial charge in [0.25, 0.3) is 5.91 Å². The summed E-state index contributed by atoms with van der Waals surface area (Å²) in [5.41, 5.74) is 1.30. The highest BCUT2D eigenvalue weighted by atomic mass is 19.4. The van der Waals surface area contributed by atoms with Crippen LogP contribution in [0, 0.1) is 0 Å². The molecule has 0 spiro atoms. The monoisotopic (exact) mass is 460 g/mol. The van der Waals surface area contributed by atoms with Crippen molar-refractivity contribution in [2.75, 3.05) is 4.90 Å². The molecule has 1 fully saturated rings. The molecule has 0 radical (unpaired) electrons. The molecule has 8 nitrogen and oxygen atoms in total. The summed E-state index contributed by atoms with van der Waals surface area (Å²) in [7, 11) is 0. The average Bonchev–Trinajstić information content (AvgIpc) is 2.93. The molecule has 0 bridgehead atoms. The Bertz CT molecular complexity index is 1200. The van der Waals surface area contributed by atoms with E-state index in [2.05, 4.69) is 9.97 Å². The minimum Gasteiger partial charge on any atom is -0.475 e. The standard InChI is InChI=1S/C20H18N4O2.C2HF3O2/c1-20(2)18(25)24(16-11-15-5-3-4-6-17(15)22-12-16)19(26)23(20)13-14-7-9-21-10-8-14;3-2(4,5)1(6)7/h3-12H,13H2,1-2H3;(H,6,7). The van der Waals surface area contributed by atoms with E-state index in [-0.39, 0.29) is 11.9 Å². The first-order chi connectivity index (χ1) is 15.4. The molecule has 1 aromatic carbocycles. The topological polar surface area (TPSA) is 104 Å². The Morgan fingerprint density at radius 3 is 2.30 bits per heavy atom. The van der Waals surface area contributed by atoms with Crippen LogP contribution in [0.15, 0.2) is 61.1 Å². The van der Waals surface area contributed by atoms with Gasteiger partial charge < -0.3 is 10.0 Å². The van der Waals surface area contributed by atoms with Crippen LogP contribution in [0.3, 0.4) is 0 Å². The van der Waals surface area contributed by atoms with Crippen LogP contribution in [0.4, 0.5) is 23.7 Å². The Hall–Kier alpha value is -4.02. The summed E-state index contributed by atoms with van der Waals surface area (Å²) in [4.78, 5) is 46.1. The van der Waals surface area contributed by atoms with E-state index in [4.69, 9.17) is 9.90 Å². The van der Waals surface area contributed by atoms with E-state index in [1.54, 1.807) is 37.3 Å². The van der Waals surface area contributed by atoms with Gasteiger partial charge in [-0.15, -0.1) is 0 Å². The van der Waals surface area contributed by atoms with E-state index in [9.17, 15) is 22.8 Å². The second-order valence-corrected chi connectivity index (χ2v) is 7.61. The number of alkyl halides is 3. The number of urea groups is 1. The molecule has 3 aromatic rings. The number of carbonyl (C=O) groups is 3. The molecule has 0 unspecified atom stereocenters. The lowest BCUT2D eigenvalue weighted by Gasteiger charge is -2.27. The third kappa shape index (κ3) is 4.92. The number of imide groups is 1. The van der Waals surface area contributed by atoms with Gasteiger partial charge in [0.1, 0.15) is 5.54 Å². The number of aliphatic carboxylic acids is 1. The summed E-state index contributed by atoms with van der Waals surface area (Å²) in [6.07, 6.45) is -0.157. The van der Waals surface area contributed by atoms with E-state index >= 15 is 0 Å². The molecule has 4 rings (SSSR count). The molecule has 0 aliphatic carbocycles. The number of amides is 3. The molecule has 1 aliphatic rings. The third-order valence-electron chi connectivity index (χ3n) is 4.99. The number of fused-ring (bicyclic) bond motifs is 1. The van der Waals surface area contributed by atoms with E-state index < -0.39 is 17.7 Å². The van der Waals surface area contributed by atoms with Crippen molar-refractivity contribution >= 4 is 34.5 Å². The van der Waals surface area contributed by atoms with Crippen molar-refractivity contribution < 1.29 is 32.7 Å². The maximum Gasteiger partial charge on any atom is 0.490 e. The lowest BCUT2D eigenvalue weighted by Crippen LogP contribution is -2.43. The first-order valence-corrected chi connectivity index (χ1v) is 9.63. The van der Waals surface area contributed by atoms with Crippen LogP contribution in [0.5, 0.6) is 0 Å². The fourth-order valence-corrected chi connectivity index (χ4v) is 3.18. The second-order valence-electron chi connectivity index (χ2n) is 7.61. The van der Waals surface area contributed by atoms with E-state index in [1.165, 1.54) is 4.90 Å². The van der Waals surface area contributed by atoms with Crippen molar-refractivity contribution in [2.24, 2.45) is 0 Å². The van der Waals surface area contributed by atoms with Gasteiger partial charge in [-0.2, -0.15) is 13.2 Å². The van der Waals surface area contributed by atoms with Crippen LogP contribution in [-0.4, -0.2) is 49.6 Å². The van der Waals surface area contributed by atoms with Gasteiger partial charge >= 0.3 is 18.2 Å². The van der Waals surface area contributed by atoms with Crippen LogP contribution in [0.2, 0.25) is 0 Å². The van der Waals surface area contributed by atoms with Crippen molar-refractivity contribution in [2.45, 2.75) is 32.1 Å². The molecule has 0 atom stereocenters. The number of benzene rings is 1. The van der Waals surface area contributed by atoms with Gasteiger partial charge in [0.05, 0.1) is 17.4 Å². The summed E-state index contributed by atoms with van der Waals surface area (Å²) >= 11 is 0. The van der Waals surface area contributed by atoms with Gasteiger partial charge in [0.15, 0.2) is 0 Å². The van der Waals surface area contributed by atoms with E-state index in [0.29, 0.717) is 12.2 Å². The van der Waals surface area contributed by atoms with Crippen LogP contribution in [0.1, 0.15) is 19.4 Å². The molecule has 11 heteroatoms. The number of anilines is 1. The van der Waals surface area contributed by atoms with Crippen LogP contribution < -0.4 is 4.90 Å². The SMILES string of the molecule is CC1(C)C(=O)N(c2cnc3ccccc3c2)C(=O)N1Cc1ccncc1.O=C(O)C(F)(F)F. The van der Waals surface area contributed by atoms with E-state index in [1.807, 2.05) is 42.5 Å². The molecule has 0 saturated carbocycles. The first kappa shape index (κ1) is 23.6. The summed E-state index contributed by atoms with van der Waals surface area (Å²) in [6.45, 7) is 3.88. The fraction of sp³-hybridized carbons (Fsp3) is 0.227. The number of para-hydroxylation sites is 1. The zero-order chi connectivity index (χ0) is 24.4. The molecular weight excluding hydrogens is 441 g/mol. The average molecular weight is 460 g/mol. The molecule has 172 valence electrons. The van der Waals surface area contributed by atoms with Gasteiger partial charge in [-0.3, -0.25) is 14.8 Å². The maximum atomic E-state index is 13.1. The number of aromatic nitrogens is 2. The number of carbonyl (C=O) groups excluding carboxylic acids is 2. The number of halogens is 3. The normalized spacial score (nSPS) is 15.4. The maximum absolute atomic E-state index is 13.1. The predicted octanol–water partition coefficient (Wildman–Crippen LogP) is 4.01. The van der Waals surface area contributed by atoms with Crippen molar-refractivity contribution in [1.82, 2.24) is 14.9 Å². The summed E-state index contributed by atoms with van der Waals surface area (Å²) in [6, 6.07) is 12.8. The highest BCUT2D eigenvalue weighted by Crippen LogP contribution is 2.33. The second kappa shape index (κ2) is 8.85. The Kier molecular flexibility index (Phi) is 6.34. The molecule has 1 N–H and O–H groups in total. The quantitative estimate of drug-likeness (QED) is 0.593. The highest BCUT2D eigenvalue weighted by Gasteiger charge is 2.51. The van der Waals surface area contributed by atoms with Crippen LogP contribution in [-0.2, 0) is 16.1 Å². The number of hydrogen-bond donors (Lipinski definition) is 1. The van der Waals surface area contributed by atoms with Crippen LogP contribution in [0.25, 0.3) is 10.9 Å². The fourth-order valence-electron chi connectivity index (χ4n) is 3.18. The molecule has 3 heterocycles. The van der Waals surface area contributed by atoms with Crippen molar-refractivity contribution in [1.29, 1.82) is 0 Å². The number of nitrogens with zero attached hydrogens (tertiary/aromatic N) is 4. The Morgan fingerprint density at radius 2 is 1.70 bits per heavy atom. The van der Waals surface area contributed by atoms with Gasteiger partial charge in [-0.05, 0) is 43.7 Å². The predicted molar refractivity (Wildman–Crippen MR) is 112 cm³/mol. The number of carboxylic acids is 1. The van der Waals surface area contributed by atoms with Gasteiger partial charge in [0, 0.05) is 24.3 Å². The molecule has 1 saturated heterocycles. The highest BCUT2D eigenvalue weighted by molar-refractivity contribution is 6.23. The largest absolute Gasteiger partial charge is 0.490 e. The van der Waals surface area contributed by atoms with Crippen LogP contribution >= 0.6 is 0 Å². The van der Waals surface area contributed by atoms with Crippen molar-refractivity contribution in [3.63, 3.8) is 0 Å². The number of hydrogen-bond acceptors (Lipinski definition) is 5. The van der Waals surface area contributed by atoms with Gasteiger partial charge in [0.2, 0.25) is 0 Å². The molecule has 2 aromatic heterocycles. The number of rotatable bonds is 3. The summed E-state index contributed by atoms with van der Waals surface area (Å²) < 4.78 is 31.7. The zero-order valence-corrected chi connectivity index (χ0v) is 17.6. The lowest BCUT2D eigenvalue weighted by atomic mass is 10.0. The summed E-state index contributed by atoms with van der Waals surface area (Å²) in [5, 5.41) is 8.01. The Morgan fingerprint density at radius 1 is 1.09 bits per heavy atom. The smallest absolute Gasteiger partial charge is 0.475 e. The molecule has 33 heavy (non-hydrogen) atoms. The minimum absolute atomic E-state index is 0.256. The summed E-state index contributed by atoms with van der Waals surface area (Å²) in [5.74, 6) is -3.01. The Labute approximate surface area is 186 Å². The number of carboxylic acid groups (broad SMARTS) is 1. The first-order valence-electron chi connectivity index (χ1n) is 9.63. The van der Waals surface area contributed by atoms with Gasteiger partial charge in [-0.25, -0.2) is 14.5 Å². The Balaban J connectivity index is 0.000000383. The molecule has 1 aliphatic heterocycles. The molecular formula is C22H19F3N4O4. The third-order valence-corrected chi connectivity index (χ3v) is 4.99. The van der Waals surface area contributed by atoms with Gasteiger partial charge in [-0.1, -0.05) is 18.2 Å².